The van der Waals surface area contributed by atoms with Crippen LogP contribution in [0.15, 0.2) is 30.6 Å². The van der Waals surface area contributed by atoms with E-state index >= 15 is 0 Å². The molecule has 2 aliphatic heterocycles. The van der Waals surface area contributed by atoms with Gasteiger partial charge in [0.25, 0.3) is 0 Å². The number of piperazine rings is 1. The standard InChI is InChI=1S/C24H32N6O3/c1-5-29(24(32)33)21-12-16(2)30(4,17(3)31)22-7-6-18(13-19(21)22)20-14-27-23(15-26-20)28-10-8-25-9-11-28/h6-7,13-16,21,25H,5,8-12H2,1-4H3/t16-,21?,30+/m0/s1. The summed E-state index contributed by atoms with van der Waals surface area (Å²) in [7, 11) is 1.90. The summed E-state index contributed by atoms with van der Waals surface area (Å²) in [5, 5.41) is 15.2. The smallest absolute Gasteiger partial charge is 0.315 e. The molecular weight excluding hydrogens is 420 g/mol. The summed E-state index contributed by atoms with van der Waals surface area (Å²) >= 11 is 0. The average Bonchev–Trinajstić information content (AvgIpc) is 2.82. The fourth-order valence-electron chi connectivity index (χ4n) is 5.08. The number of hydrogen-bond donors (Lipinski definition) is 1. The maximum atomic E-state index is 12.7. The molecule has 9 heteroatoms. The highest BCUT2D eigenvalue weighted by Crippen LogP contribution is 2.45. The van der Waals surface area contributed by atoms with Gasteiger partial charge in [0.15, 0.2) is 0 Å². The fourth-order valence-corrected chi connectivity index (χ4v) is 5.08. The lowest BCUT2D eigenvalue weighted by Gasteiger charge is -2.46. The number of fused-ring (bicyclic) bond motifs is 1. The molecule has 0 aliphatic carbocycles. The molecule has 1 fully saturated rings. The Morgan fingerprint density at radius 2 is 1.97 bits per heavy atom. The van der Waals surface area contributed by atoms with Crippen LogP contribution in [0, 0.1) is 0 Å². The average molecular weight is 453 g/mol. The number of carbonyl (C=O) groups excluding carboxylic acids is 2. The minimum Gasteiger partial charge on any atom is -0.530 e. The van der Waals surface area contributed by atoms with Crippen molar-refractivity contribution in [1.29, 1.82) is 0 Å². The number of carboxylic acid groups (broad SMARTS) is 1. The zero-order chi connectivity index (χ0) is 23.8. The van der Waals surface area contributed by atoms with Crippen LogP contribution in [-0.2, 0) is 4.79 Å². The third-order valence-electron chi connectivity index (χ3n) is 7.31. The maximum absolute atomic E-state index is 12.7. The molecule has 3 heterocycles. The fraction of sp³-hybridized carbons (Fsp3) is 0.500. The van der Waals surface area contributed by atoms with Gasteiger partial charge < -0.3 is 25.0 Å². The zero-order valence-electron chi connectivity index (χ0n) is 19.7. The summed E-state index contributed by atoms with van der Waals surface area (Å²) < 4.78 is 0.129. The minimum atomic E-state index is -1.20. The summed E-state index contributed by atoms with van der Waals surface area (Å²) in [4.78, 5) is 37.4. The third-order valence-corrected chi connectivity index (χ3v) is 7.31. The van der Waals surface area contributed by atoms with Crippen LogP contribution in [0.5, 0.6) is 0 Å². The number of benzene rings is 1. The first-order valence-electron chi connectivity index (χ1n) is 11.5. The van der Waals surface area contributed by atoms with Crippen molar-refractivity contribution in [2.45, 2.75) is 39.3 Å². The molecule has 4 rings (SSSR count). The van der Waals surface area contributed by atoms with Gasteiger partial charge in [-0.2, -0.15) is 0 Å². The Morgan fingerprint density at radius 3 is 2.55 bits per heavy atom. The highest BCUT2D eigenvalue weighted by molar-refractivity contribution is 5.89. The molecular formula is C24H32N6O3. The first kappa shape index (κ1) is 23.1. The predicted octanol–water partition coefficient (Wildman–Crippen LogP) is 1.54. The van der Waals surface area contributed by atoms with E-state index < -0.39 is 6.09 Å². The van der Waals surface area contributed by atoms with Crippen LogP contribution in [0.1, 0.15) is 38.8 Å². The molecule has 0 bridgehead atoms. The number of carbonyl (C=O) groups is 2. The molecule has 2 aromatic rings. The molecule has 1 N–H and O–H groups in total. The van der Waals surface area contributed by atoms with E-state index in [1.165, 1.54) is 4.90 Å². The second kappa shape index (κ2) is 9.07. The van der Waals surface area contributed by atoms with Crippen molar-refractivity contribution in [3.8, 4) is 11.3 Å². The minimum absolute atomic E-state index is 0.0200. The van der Waals surface area contributed by atoms with Gasteiger partial charge in [-0.25, -0.2) is 14.3 Å². The molecule has 0 spiro atoms. The zero-order valence-corrected chi connectivity index (χ0v) is 19.7. The Morgan fingerprint density at radius 1 is 1.24 bits per heavy atom. The molecule has 2 amide bonds. The van der Waals surface area contributed by atoms with Gasteiger partial charge in [-0.3, -0.25) is 4.98 Å². The van der Waals surface area contributed by atoms with Crippen LogP contribution in [0.3, 0.4) is 0 Å². The second-order valence-electron chi connectivity index (χ2n) is 9.02. The van der Waals surface area contributed by atoms with Gasteiger partial charge >= 0.3 is 5.91 Å². The quantitative estimate of drug-likeness (QED) is 0.702. The molecule has 0 radical (unpaired) electrons. The van der Waals surface area contributed by atoms with E-state index in [0.717, 1.165) is 48.8 Å². The topological polar surface area (TPSA) is 101 Å². The number of rotatable bonds is 4. The van der Waals surface area contributed by atoms with Crippen molar-refractivity contribution in [1.82, 2.24) is 24.7 Å². The SMILES string of the molecule is CCN(C(=O)[O-])C1C[C@H](C)[N@+](C)(C(C)=O)c2ccc(-c3cnc(N4CCNCC4)cn3)cc21. The Labute approximate surface area is 194 Å². The molecule has 1 saturated heterocycles. The number of nitrogens with one attached hydrogen (secondary N) is 1. The van der Waals surface area contributed by atoms with Crippen molar-refractivity contribution in [2.75, 3.05) is 44.7 Å². The summed E-state index contributed by atoms with van der Waals surface area (Å²) in [6, 6.07) is 5.38. The van der Waals surface area contributed by atoms with Gasteiger partial charge in [0.05, 0.1) is 44.1 Å². The molecule has 176 valence electrons. The monoisotopic (exact) mass is 452 g/mol. The van der Waals surface area contributed by atoms with E-state index in [1.54, 1.807) is 26.2 Å². The highest BCUT2D eigenvalue weighted by atomic mass is 16.4. The van der Waals surface area contributed by atoms with Crippen LogP contribution < -0.4 is 19.8 Å². The normalized spacial score (nSPS) is 24.8. The summed E-state index contributed by atoms with van der Waals surface area (Å²) in [6.45, 7) is 9.33. The summed E-state index contributed by atoms with van der Waals surface area (Å²) in [6.07, 6.45) is 2.87. The third kappa shape index (κ3) is 4.06. The number of anilines is 1. The predicted molar refractivity (Wildman–Crippen MR) is 126 cm³/mol. The Balaban J connectivity index is 1.76. The lowest BCUT2D eigenvalue weighted by atomic mass is 9.87. The molecule has 1 aromatic carbocycles. The maximum Gasteiger partial charge on any atom is 0.315 e. The number of hydrogen-bond acceptors (Lipinski definition) is 7. The van der Waals surface area contributed by atoms with Crippen molar-refractivity contribution < 1.29 is 14.7 Å². The molecule has 1 aromatic heterocycles. The highest BCUT2D eigenvalue weighted by Gasteiger charge is 2.47. The molecule has 3 atom stereocenters. The Kier molecular flexibility index (Phi) is 6.36. The van der Waals surface area contributed by atoms with Crippen LogP contribution in [0.4, 0.5) is 16.3 Å². The lowest BCUT2D eigenvalue weighted by molar-refractivity contribution is -0.268. The van der Waals surface area contributed by atoms with Crippen molar-refractivity contribution in [2.24, 2.45) is 0 Å². The number of amides is 2. The summed E-state index contributed by atoms with van der Waals surface area (Å²) in [5.41, 5.74) is 3.20. The van der Waals surface area contributed by atoms with Gasteiger partial charge in [0.1, 0.15) is 17.6 Å². The van der Waals surface area contributed by atoms with Crippen LogP contribution in [-0.4, -0.2) is 72.7 Å². The van der Waals surface area contributed by atoms with E-state index in [2.05, 4.69) is 20.2 Å². The first-order valence-corrected chi connectivity index (χ1v) is 11.5. The van der Waals surface area contributed by atoms with Crippen LogP contribution in [0.2, 0.25) is 0 Å². The second-order valence-corrected chi connectivity index (χ2v) is 9.02. The number of nitrogens with zero attached hydrogens (tertiary/aromatic N) is 5. The van der Waals surface area contributed by atoms with Crippen LogP contribution in [0.25, 0.3) is 11.3 Å². The summed E-state index contributed by atoms with van der Waals surface area (Å²) in [5.74, 6) is 0.867. The molecule has 9 nitrogen and oxygen atoms in total. The molecule has 2 aliphatic rings. The van der Waals surface area contributed by atoms with Crippen LogP contribution >= 0.6 is 0 Å². The lowest BCUT2D eigenvalue weighted by Crippen LogP contribution is -2.60. The Bertz CT molecular complexity index is 1040. The first-order chi connectivity index (χ1) is 15.8. The number of quaternary nitrogens is 1. The van der Waals surface area contributed by atoms with Gasteiger partial charge in [-0.05, 0) is 26.0 Å². The van der Waals surface area contributed by atoms with E-state index in [9.17, 15) is 14.7 Å². The molecule has 1 unspecified atom stereocenters. The van der Waals surface area contributed by atoms with E-state index in [0.29, 0.717) is 18.7 Å². The van der Waals surface area contributed by atoms with Gasteiger partial charge in [-0.15, -0.1) is 0 Å². The van der Waals surface area contributed by atoms with Gasteiger partial charge in [0, 0.05) is 56.3 Å². The van der Waals surface area contributed by atoms with Crippen molar-refractivity contribution in [3.05, 3.63) is 36.2 Å². The van der Waals surface area contributed by atoms with Crippen molar-refractivity contribution >= 4 is 23.5 Å². The van der Waals surface area contributed by atoms with Gasteiger partial charge in [-0.1, -0.05) is 0 Å². The van der Waals surface area contributed by atoms with E-state index in [-0.39, 0.29) is 22.5 Å². The molecule has 0 saturated carbocycles. The Hall–Kier alpha value is -3.04. The van der Waals surface area contributed by atoms with Gasteiger partial charge in [0.2, 0.25) is 0 Å². The molecule has 33 heavy (non-hydrogen) atoms. The van der Waals surface area contributed by atoms with E-state index in [4.69, 9.17) is 0 Å². The van der Waals surface area contributed by atoms with Crippen molar-refractivity contribution in [3.63, 3.8) is 0 Å². The largest absolute Gasteiger partial charge is 0.530 e. The number of aromatic nitrogens is 2. The van der Waals surface area contributed by atoms with E-state index in [1.807, 2.05) is 32.2 Å².